The van der Waals surface area contributed by atoms with E-state index in [-0.39, 0.29) is 5.56 Å². The third-order valence-electron chi connectivity index (χ3n) is 8.15. The Balaban J connectivity index is 1.60. The minimum Gasteiger partial charge on any atom is -0.545 e. The van der Waals surface area contributed by atoms with Gasteiger partial charge in [0.25, 0.3) is 0 Å². The summed E-state index contributed by atoms with van der Waals surface area (Å²) in [6.07, 6.45) is 1.80. The van der Waals surface area contributed by atoms with Crippen molar-refractivity contribution in [2.45, 2.75) is 40.5 Å². The number of aryl methyl sites for hydroxylation is 4. The molecule has 0 saturated carbocycles. The van der Waals surface area contributed by atoms with E-state index >= 15 is 0 Å². The molecule has 0 aliphatic carbocycles. The smallest absolute Gasteiger partial charge is 0.361 e. The van der Waals surface area contributed by atoms with Crippen molar-refractivity contribution in [3.63, 3.8) is 0 Å². The Hall–Kier alpha value is -5.16. The number of benzene rings is 5. The number of rotatable bonds is 8. The summed E-state index contributed by atoms with van der Waals surface area (Å²) in [6, 6.07) is 31.6. The fourth-order valence-electron chi connectivity index (χ4n) is 5.91. The molecule has 6 aromatic rings. The molecule has 43 heavy (non-hydrogen) atoms. The summed E-state index contributed by atoms with van der Waals surface area (Å²) in [4.78, 5) is 12.3. The van der Waals surface area contributed by atoms with E-state index < -0.39 is 5.97 Å². The molecule has 0 atom stereocenters. The van der Waals surface area contributed by atoms with Crippen LogP contribution in [0.2, 0.25) is 0 Å². The molecule has 0 aliphatic rings. The lowest BCUT2D eigenvalue weighted by Crippen LogP contribution is -2.23. The van der Waals surface area contributed by atoms with Gasteiger partial charge in [0, 0.05) is 46.0 Å². The highest BCUT2D eigenvalue weighted by Gasteiger charge is 2.23. The number of carboxylic acids is 1. The summed E-state index contributed by atoms with van der Waals surface area (Å²) in [5.41, 5.74) is 11.5. The first kappa shape index (κ1) is 28.0. The summed E-state index contributed by atoms with van der Waals surface area (Å²) in [6.45, 7) is 8.48. The maximum absolute atomic E-state index is 12.3. The van der Waals surface area contributed by atoms with E-state index in [1.807, 2.05) is 48.5 Å². The zero-order valence-electron chi connectivity index (χ0n) is 24.9. The van der Waals surface area contributed by atoms with E-state index in [2.05, 4.69) is 74.7 Å². The van der Waals surface area contributed by atoms with Crippen LogP contribution in [0.5, 0.6) is 0 Å². The molecule has 0 fully saturated rings. The Morgan fingerprint density at radius 2 is 1.19 bits per heavy atom. The average Bonchev–Trinajstić information content (AvgIpc) is 3.02. The maximum atomic E-state index is 12.3. The van der Waals surface area contributed by atoms with Crippen molar-refractivity contribution < 1.29 is 14.3 Å². The van der Waals surface area contributed by atoms with Crippen molar-refractivity contribution in [2.24, 2.45) is 0 Å². The SMILES string of the molecule is CCc1cccc(C)c1Nc1ccc2[o+]c3ccc(Nc4c(C)cccc4CC)cc3c(-c3ccccc3C(=O)[O-])c2c1. The Morgan fingerprint density at radius 1 is 0.674 bits per heavy atom. The number of carbonyl (C=O) groups excluding carboxylic acids is 1. The lowest BCUT2D eigenvalue weighted by atomic mass is 9.93. The Kier molecular flexibility index (Phi) is 7.56. The predicted molar refractivity (Wildman–Crippen MR) is 176 cm³/mol. The number of fused-ring (bicyclic) bond motifs is 2. The fraction of sp³-hybridized carbons (Fsp3) is 0.158. The van der Waals surface area contributed by atoms with Gasteiger partial charge >= 0.3 is 11.2 Å². The van der Waals surface area contributed by atoms with Crippen LogP contribution in [0.25, 0.3) is 33.1 Å². The number of carboxylic acid groups (broad SMARTS) is 1. The minimum atomic E-state index is -1.22. The zero-order valence-corrected chi connectivity index (χ0v) is 24.9. The maximum Gasteiger partial charge on any atom is 0.361 e. The first-order chi connectivity index (χ1) is 20.9. The second-order valence-corrected chi connectivity index (χ2v) is 10.9. The molecule has 6 rings (SSSR count). The van der Waals surface area contributed by atoms with Gasteiger partial charge in [0.15, 0.2) is 0 Å². The number of hydrogen-bond acceptors (Lipinski definition) is 4. The highest BCUT2D eigenvalue weighted by Crippen LogP contribution is 2.41. The van der Waals surface area contributed by atoms with E-state index in [9.17, 15) is 9.90 Å². The number of carbonyl (C=O) groups is 1. The number of nitrogens with one attached hydrogen (secondary N) is 2. The number of hydrogen-bond donors (Lipinski definition) is 2. The Bertz CT molecular complexity index is 1900. The van der Waals surface area contributed by atoms with Gasteiger partial charge in [-0.15, -0.1) is 0 Å². The van der Waals surface area contributed by atoms with Crippen molar-refractivity contribution in [1.29, 1.82) is 0 Å². The molecule has 0 amide bonds. The summed E-state index contributed by atoms with van der Waals surface area (Å²) in [5, 5.41) is 21.2. The summed E-state index contributed by atoms with van der Waals surface area (Å²) in [7, 11) is 0. The van der Waals surface area contributed by atoms with Crippen molar-refractivity contribution in [1.82, 2.24) is 0 Å². The normalized spacial score (nSPS) is 11.2. The van der Waals surface area contributed by atoms with Gasteiger partial charge in [-0.25, -0.2) is 4.42 Å². The minimum absolute atomic E-state index is 0.132. The van der Waals surface area contributed by atoms with Crippen LogP contribution in [0.4, 0.5) is 22.7 Å². The first-order valence-electron chi connectivity index (χ1n) is 14.7. The van der Waals surface area contributed by atoms with Gasteiger partial charge in [-0.3, -0.25) is 0 Å². The molecule has 1 aromatic heterocycles. The van der Waals surface area contributed by atoms with Crippen molar-refractivity contribution >= 4 is 50.7 Å². The molecule has 5 nitrogen and oxygen atoms in total. The highest BCUT2D eigenvalue weighted by molar-refractivity contribution is 6.12. The average molecular weight is 567 g/mol. The van der Waals surface area contributed by atoms with E-state index in [0.29, 0.717) is 16.7 Å². The molecule has 214 valence electrons. The molecular formula is C38H34N2O3. The van der Waals surface area contributed by atoms with Crippen LogP contribution in [0.1, 0.15) is 46.5 Å². The second-order valence-electron chi connectivity index (χ2n) is 10.9. The molecule has 0 unspecified atom stereocenters. The molecule has 2 N–H and O–H groups in total. The topological polar surface area (TPSA) is 75.5 Å². The van der Waals surface area contributed by atoms with Crippen molar-refractivity contribution in [3.8, 4) is 11.1 Å². The third-order valence-corrected chi connectivity index (χ3v) is 8.15. The van der Waals surface area contributed by atoms with Crippen LogP contribution < -0.4 is 15.7 Å². The molecule has 0 saturated heterocycles. The standard InChI is InChI=1S/C38H34N2O3/c1-5-25-13-9-11-23(3)36(25)39-27-17-19-33-31(21-27)35(29-15-7-8-16-30(29)38(41)42)32-22-28(18-20-34(32)43-33)40-37-24(4)12-10-14-26(37)6-2/h7-22,39-40H,5-6H2,1-4H3. The number of anilines is 4. The summed E-state index contributed by atoms with van der Waals surface area (Å²) < 4.78 is 6.44. The molecule has 0 radical (unpaired) electrons. The molecule has 0 aliphatic heterocycles. The molecule has 0 spiro atoms. The van der Waals surface area contributed by atoms with Crippen LogP contribution >= 0.6 is 0 Å². The first-order valence-corrected chi connectivity index (χ1v) is 14.7. The van der Waals surface area contributed by atoms with Crippen LogP contribution in [0, 0.1) is 13.8 Å². The van der Waals surface area contributed by atoms with Crippen LogP contribution in [0.3, 0.4) is 0 Å². The largest absolute Gasteiger partial charge is 0.545 e. The van der Waals surface area contributed by atoms with E-state index in [4.69, 9.17) is 4.42 Å². The lowest BCUT2D eigenvalue weighted by Gasteiger charge is -2.16. The highest BCUT2D eigenvalue weighted by atomic mass is 16.4. The monoisotopic (exact) mass is 566 g/mol. The van der Waals surface area contributed by atoms with Gasteiger partial charge < -0.3 is 20.5 Å². The molecule has 0 bridgehead atoms. The number of aromatic carboxylic acids is 1. The molecular weight excluding hydrogens is 532 g/mol. The Labute approximate surface area is 251 Å². The zero-order chi connectivity index (χ0) is 30.1. The second kappa shape index (κ2) is 11.6. The lowest BCUT2D eigenvalue weighted by molar-refractivity contribution is -0.254. The van der Waals surface area contributed by atoms with E-state index in [0.717, 1.165) is 63.1 Å². The van der Waals surface area contributed by atoms with Crippen molar-refractivity contribution in [2.75, 3.05) is 10.6 Å². The summed E-state index contributed by atoms with van der Waals surface area (Å²) in [5.74, 6) is -1.22. The van der Waals surface area contributed by atoms with E-state index in [1.54, 1.807) is 12.1 Å². The van der Waals surface area contributed by atoms with Crippen molar-refractivity contribution in [3.05, 3.63) is 125 Å². The van der Waals surface area contributed by atoms with E-state index in [1.165, 1.54) is 11.1 Å². The third kappa shape index (κ3) is 5.30. The van der Waals surface area contributed by atoms with Crippen LogP contribution in [0.15, 0.2) is 101 Å². The quantitative estimate of drug-likeness (QED) is 0.142. The number of para-hydroxylation sites is 2. The van der Waals surface area contributed by atoms with Crippen LogP contribution in [-0.4, -0.2) is 5.97 Å². The predicted octanol–water partition coefficient (Wildman–Crippen LogP) is 9.13. The van der Waals surface area contributed by atoms with Gasteiger partial charge in [-0.2, -0.15) is 0 Å². The van der Waals surface area contributed by atoms with Gasteiger partial charge in [0.1, 0.15) is 0 Å². The van der Waals surface area contributed by atoms with Gasteiger partial charge in [-0.05, 0) is 78.8 Å². The van der Waals surface area contributed by atoms with Crippen LogP contribution in [-0.2, 0) is 12.8 Å². The Morgan fingerprint density at radius 3 is 1.67 bits per heavy atom. The molecule has 5 heteroatoms. The molecule has 1 heterocycles. The van der Waals surface area contributed by atoms with Gasteiger partial charge in [0.2, 0.25) is 0 Å². The molecule has 5 aromatic carbocycles. The fourth-order valence-corrected chi connectivity index (χ4v) is 5.91. The van der Waals surface area contributed by atoms with Gasteiger partial charge in [0.05, 0.1) is 16.7 Å². The van der Waals surface area contributed by atoms with Gasteiger partial charge in [-0.1, -0.05) is 74.5 Å². The summed E-state index contributed by atoms with van der Waals surface area (Å²) >= 11 is 0.